The van der Waals surface area contributed by atoms with E-state index in [0.717, 1.165) is 31.0 Å². The molecule has 0 unspecified atom stereocenters. The zero-order valence-corrected chi connectivity index (χ0v) is 15.5. The standard InChI is InChI=1S/C19H20ClN5O2/c20-15-5-3-14(4-6-15)11-25-13-21-19(23-25)22-18(26)17-8-7-16(27-17)12-24-9-1-2-10-24/h3-8,13H,1-2,9-12H2,(H,22,23,26). The molecule has 8 heteroatoms. The molecule has 3 aromatic rings. The van der Waals surface area contributed by atoms with Gasteiger partial charge in [0.05, 0.1) is 13.1 Å². The van der Waals surface area contributed by atoms with Crippen LogP contribution in [0.15, 0.2) is 47.1 Å². The number of furan rings is 1. The number of hydrogen-bond acceptors (Lipinski definition) is 5. The molecule has 1 saturated heterocycles. The molecular weight excluding hydrogens is 366 g/mol. The van der Waals surface area contributed by atoms with Crippen LogP contribution < -0.4 is 5.32 Å². The van der Waals surface area contributed by atoms with Crippen molar-refractivity contribution in [3.05, 3.63) is 64.8 Å². The fourth-order valence-electron chi connectivity index (χ4n) is 3.11. The van der Waals surface area contributed by atoms with Crippen molar-refractivity contribution >= 4 is 23.5 Å². The van der Waals surface area contributed by atoms with Gasteiger partial charge in [0.2, 0.25) is 5.95 Å². The summed E-state index contributed by atoms with van der Waals surface area (Å²) in [6.45, 7) is 3.44. The Kier molecular flexibility index (Phi) is 5.22. The number of benzene rings is 1. The number of nitrogens with zero attached hydrogens (tertiary/aromatic N) is 4. The maximum Gasteiger partial charge on any atom is 0.293 e. The van der Waals surface area contributed by atoms with Gasteiger partial charge in [0.25, 0.3) is 5.91 Å². The highest BCUT2D eigenvalue weighted by Gasteiger charge is 2.17. The Hall–Kier alpha value is -2.64. The van der Waals surface area contributed by atoms with Gasteiger partial charge in [0.1, 0.15) is 12.1 Å². The summed E-state index contributed by atoms with van der Waals surface area (Å²) in [6, 6.07) is 11.0. The van der Waals surface area contributed by atoms with Crippen molar-refractivity contribution in [3.8, 4) is 0 Å². The molecule has 3 heterocycles. The van der Waals surface area contributed by atoms with Gasteiger partial charge >= 0.3 is 0 Å². The topological polar surface area (TPSA) is 76.2 Å². The third kappa shape index (κ3) is 4.56. The second-order valence-electron chi connectivity index (χ2n) is 6.60. The van der Waals surface area contributed by atoms with Gasteiger partial charge in [-0.15, -0.1) is 5.10 Å². The monoisotopic (exact) mass is 385 g/mol. The molecule has 1 N–H and O–H groups in total. The van der Waals surface area contributed by atoms with Gasteiger partial charge in [-0.2, -0.15) is 0 Å². The molecule has 27 heavy (non-hydrogen) atoms. The molecule has 140 valence electrons. The van der Waals surface area contributed by atoms with Crippen LogP contribution in [0.5, 0.6) is 0 Å². The Bertz CT molecular complexity index is 912. The van der Waals surface area contributed by atoms with E-state index >= 15 is 0 Å². The minimum Gasteiger partial charge on any atom is -0.455 e. The first-order chi connectivity index (χ1) is 13.2. The highest BCUT2D eigenvalue weighted by Crippen LogP contribution is 2.16. The van der Waals surface area contributed by atoms with E-state index in [1.165, 1.54) is 12.8 Å². The number of rotatable bonds is 6. The van der Waals surface area contributed by atoms with Crippen molar-refractivity contribution in [3.63, 3.8) is 0 Å². The maximum atomic E-state index is 12.3. The van der Waals surface area contributed by atoms with Crippen LogP contribution in [0.1, 0.15) is 34.7 Å². The van der Waals surface area contributed by atoms with Crippen LogP contribution in [0.25, 0.3) is 0 Å². The molecule has 1 fully saturated rings. The highest BCUT2D eigenvalue weighted by atomic mass is 35.5. The molecule has 1 amide bonds. The van der Waals surface area contributed by atoms with E-state index in [1.807, 2.05) is 30.3 Å². The van der Waals surface area contributed by atoms with Crippen LogP contribution in [0.4, 0.5) is 5.95 Å². The molecule has 1 aliphatic rings. The zero-order valence-electron chi connectivity index (χ0n) is 14.8. The SMILES string of the molecule is O=C(Nc1ncn(Cc2ccc(Cl)cc2)n1)c1ccc(CN2CCCC2)o1. The van der Waals surface area contributed by atoms with E-state index in [0.29, 0.717) is 11.6 Å². The lowest BCUT2D eigenvalue weighted by Gasteiger charge is -2.11. The third-order valence-electron chi connectivity index (χ3n) is 4.48. The minimum atomic E-state index is -0.355. The summed E-state index contributed by atoms with van der Waals surface area (Å²) in [6.07, 6.45) is 4.02. The second kappa shape index (κ2) is 7.94. The summed E-state index contributed by atoms with van der Waals surface area (Å²) in [5.41, 5.74) is 1.04. The summed E-state index contributed by atoms with van der Waals surface area (Å²) in [5, 5.41) is 7.63. The van der Waals surface area contributed by atoms with Gasteiger partial charge in [0.15, 0.2) is 5.76 Å². The Morgan fingerprint density at radius 1 is 1.11 bits per heavy atom. The second-order valence-corrected chi connectivity index (χ2v) is 7.03. The predicted octanol–water partition coefficient (Wildman–Crippen LogP) is 3.42. The lowest BCUT2D eigenvalue weighted by Crippen LogP contribution is -2.18. The van der Waals surface area contributed by atoms with E-state index < -0.39 is 0 Å². The molecule has 0 spiro atoms. The Morgan fingerprint density at radius 2 is 1.89 bits per heavy atom. The Labute approximate surface area is 161 Å². The quantitative estimate of drug-likeness (QED) is 0.703. The first kappa shape index (κ1) is 17.8. The van der Waals surface area contributed by atoms with E-state index in [4.69, 9.17) is 16.0 Å². The molecular formula is C19H20ClN5O2. The summed E-state index contributed by atoms with van der Waals surface area (Å²) in [5.74, 6) is 0.944. The number of aromatic nitrogens is 3. The van der Waals surface area contributed by atoms with Crippen LogP contribution in [0, 0.1) is 0 Å². The first-order valence-corrected chi connectivity index (χ1v) is 9.30. The van der Waals surface area contributed by atoms with Crippen LogP contribution in [-0.2, 0) is 13.1 Å². The molecule has 0 atom stereocenters. The first-order valence-electron chi connectivity index (χ1n) is 8.92. The fraction of sp³-hybridized carbons (Fsp3) is 0.316. The number of halogens is 1. The molecule has 0 aliphatic carbocycles. The summed E-state index contributed by atoms with van der Waals surface area (Å²) >= 11 is 5.89. The van der Waals surface area contributed by atoms with Crippen molar-refractivity contribution in [2.75, 3.05) is 18.4 Å². The zero-order chi connectivity index (χ0) is 18.6. The molecule has 1 aliphatic heterocycles. The van der Waals surface area contributed by atoms with E-state index in [1.54, 1.807) is 17.1 Å². The predicted molar refractivity (Wildman–Crippen MR) is 102 cm³/mol. The number of likely N-dealkylation sites (tertiary alicyclic amines) is 1. The molecule has 0 radical (unpaired) electrons. The lowest BCUT2D eigenvalue weighted by molar-refractivity contribution is 0.0992. The normalized spacial score (nSPS) is 14.6. The highest BCUT2D eigenvalue weighted by molar-refractivity contribution is 6.30. The number of amides is 1. The van der Waals surface area contributed by atoms with Crippen molar-refractivity contribution in [1.29, 1.82) is 0 Å². The fourth-order valence-corrected chi connectivity index (χ4v) is 3.24. The van der Waals surface area contributed by atoms with Crippen LogP contribution >= 0.6 is 11.6 Å². The summed E-state index contributed by atoms with van der Waals surface area (Å²) < 4.78 is 7.32. The van der Waals surface area contributed by atoms with Gasteiger partial charge in [0, 0.05) is 5.02 Å². The van der Waals surface area contributed by atoms with Crippen LogP contribution in [-0.4, -0.2) is 38.7 Å². The van der Waals surface area contributed by atoms with Crippen LogP contribution in [0.3, 0.4) is 0 Å². The number of hydrogen-bond donors (Lipinski definition) is 1. The van der Waals surface area contributed by atoms with Crippen molar-refractivity contribution in [1.82, 2.24) is 19.7 Å². The van der Waals surface area contributed by atoms with Crippen molar-refractivity contribution in [2.45, 2.75) is 25.9 Å². The smallest absolute Gasteiger partial charge is 0.293 e. The van der Waals surface area contributed by atoms with E-state index in [9.17, 15) is 4.79 Å². The van der Waals surface area contributed by atoms with Gasteiger partial charge in [-0.3, -0.25) is 15.0 Å². The molecule has 0 bridgehead atoms. The Balaban J connectivity index is 1.35. The number of nitrogens with one attached hydrogen (secondary N) is 1. The molecule has 0 saturated carbocycles. The van der Waals surface area contributed by atoms with Gasteiger partial charge in [-0.05, 0) is 55.8 Å². The van der Waals surface area contributed by atoms with Gasteiger partial charge < -0.3 is 4.42 Å². The van der Waals surface area contributed by atoms with Crippen LogP contribution in [0.2, 0.25) is 5.02 Å². The summed E-state index contributed by atoms with van der Waals surface area (Å²) in [7, 11) is 0. The average molecular weight is 386 g/mol. The van der Waals surface area contributed by atoms with Crippen molar-refractivity contribution in [2.24, 2.45) is 0 Å². The molecule has 7 nitrogen and oxygen atoms in total. The number of anilines is 1. The summed E-state index contributed by atoms with van der Waals surface area (Å²) in [4.78, 5) is 18.8. The molecule has 4 rings (SSSR count). The largest absolute Gasteiger partial charge is 0.455 e. The molecule has 2 aromatic heterocycles. The average Bonchev–Trinajstić information content (AvgIpc) is 3.40. The van der Waals surface area contributed by atoms with E-state index in [2.05, 4.69) is 20.3 Å². The number of carbonyl (C=O) groups excluding carboxylic acids is 1. The lowest BCUT2D eigenvalue weighted by atomic mass is 10.2. The van der Waals surface area contributed by atoms with Crippen molar-refractivity contribution < 1.29 is 9.21 Å². The van der Waals surface area contributed by atoms with E-state index in [-0.39, 0.29) is 17.6 Å². The van der Waals surface area contributed by atoms with Gasteiger partial charge in [-0.25, -0.2) is 9.67 Å². The Morgan fingerprint density at radius 3 is 2.67 bits per heavy atom. The maximum absolute atomic E-state index is 12.3. The molecule has 1 aromatic carbocycles. The van der Waals surface area contributed by atoms with Gasteiger partial charge in [-0.1, -0.05) is 23.7 Å². The minimum absolute atomic E-state index is 0.242. The third-order valence-corrected chi connectivity index (χ3v) is 4.74. The number of carbonyl (C=O) groups is 1.